The number of aromatic nitrogens is 3. The SMILES string of the molecule is c1ccc(-n2c3ccc(-c4cccc(-c5cc6ccccc6c6ccccc56)c4)cc3c3c4sc5cc6c(cc5c4ccc32)c2cccnc2n6-c2ccccc2)cc1. The number of para-hydroxylation sites is 2. The predicted octanol–water partition coefficient (Wildman–Crippen LogP) is 15.3. The quantitative estimate of drug-likeness (QED) is 0.164. The van der Waals surface area contributed by atoms with E-state index in [0.717, 1.165) is 22.4 Å². The second-order valence-corrected chi connectivity index (χ2v) is 16.6. The van der Waals surface area contributed by atoms with Gasteiger partial charge in [0.15, 0.2) is 0 Å². The van der Waals surface area contributed by atoms with Gasteiger partial charge in [-0.1, -0.05) is 115 Å². The van der Waals surface area contributed by atoms with Crippen LogP contribution in [0.5, 0.6) is 0 Å². The molecule has 0 bridgehead atoms. The van der Waals surface area contributed by atoms with E-state index in [1.165, 1.54) is 96.7 Å². The Hall–Kier alpha value is -7.53. The molecule has 0 aliphatic rings. The Bertz CT molecular complexity index is 3830. The minimum Gasteiger partial charge on any atom is -0.309 e. The number of rotatable bonds is 4. The molecule has 0 atom stereocenters. The molecule has 0 saturated heterocycles. The van der Waals surface area contributed by atoms with E-state index in [9.17, 15) is 0 Å². The number of hydrogen-bond acceptors (Lipinski definition) is 2. The van der Waals surface area contributed by atoms with Gasteiger partial charge in [0, 0.05) is 59.3 Å². The molecule has 4 aromatic heterocycles. The van der Waals surface area contributed by atoms with Crippen LogP contribution < -0.4 is 0 Å². The molecule has 274 valence electrons. The Labute approximate surface area is 343 Å². The van der Waals surface area contributed by atoms with Gasteiger partial charge in [-0.3, -0.25) is 4.57 Å². The van der Waals surface area contributed by atoms with E-state index in [1.807, 2.05) is 23.6 Å². The smallest absolute Gasteiger partial charge is 0.145 e. The van der Waals surface area contributed by atoms with E-state index in [0.29, 0.717) is 0 Å². The summed E-state index contributed by atoms with van der Waals surface area (Å²) in [6.45, 7) is 0. The Morgan fingerprint density at radius 3 is 1.92 bits per heavy atom. The minimum absolute atomic E-state index is 0.981. The van der Waals surface area contributed by atoms with Gasteiger partial charge in [0.25, 0.3) is 0 Å². The zero-order valence-electron chi connectivity index (χ0n) is 31.8. The van der Waals surface area contributed by atoms with Crippen molar-refractivity contribution in [1.29, 1.82) is 0 Å². The number of benzene rings is 9. The lowest BCUT2D eigenvalue weighted by atomic mass is 9.91. The summed E-state index contributed by atoms with van der Waals surface area (Å²) in [6, 6.07) is 71.2. The molecule has 3 nitrogen and oxygen atoms in total. The van der Waals surface area contributed by atoms with Gasteiger partial charge in [-0.15, -0.1) is 11.3 Å². The molecule has 0 aliphatic heterocycles. The number of pyridine rings is 1. The standard InChI is InChI=1S/C55H33N3S/c1-3-16-38(17-4-1)57-49-26-24-35(34-14-11-15-36(29-34)45-31-37-13-7-8-20-40(37)41-21-9-10-22-42(41)45)30-48(49)53-50(57)27-25-43-47-32-46-44-23-12-28-56-55(44)58(39-18-5-2-6-19-39)51(46)33-52(47)59-54(43)53/h1-33H. The summed E-state index contributed by atoms with van der Waals surface area (Å²) in [7, 11) is 0. The number of hydrogen-bond donors (Lipinski definition) is 0. The molecule has 13 rings (SSSR count). The van der Waals surface area contributed by atoms with Crippen molar-refractivity contribution >= 4 is 96.8 Å². The lowest BCUT2D eigenvalue weighted by Gasteiger charge is -2.12. The van der Waals surface area contributed by atoms with Crippen molar-refractivity contribution in [3.8, 4) is 33.6 Å². The summed E-state index contributed by atoms with van der Waals surface area (Å²) in [5.41, 5.74) is 11.7. The summed E-state index contributed by atoms with van der Waals surface area (Å²) in [4.78, 5) is 4.88. The Morgan fingerprint density at radius 2 is 1.07 bits per heavy atom. The van der Waals surface area contributed by atoms with E-state index < -0.39 is 0 Å². The van der Waals surface area contributed by atoms with Gasteiger partial charge in [-0.2, -0.15) is 0 Å². The molecule has 0 amide bonds. The lowest BCUT2D eigenvalue weighted by Crippen LogP contribution is -1.94. The third kappa shape index (κ3) is 4.78. The highest BCUT2D eigenvalue weighted by Gasteiger charge is 2.21. The van der Waals surface area contributed by atoms with Crippen LogP contribution in [0.15, 0.2) is 200 Å². The Balaban J connectivity index is 1.06. The monoisotopic (exact) mass is 767 g/mol. The predicted molar refractivity (Wildman–Crippen MR) is 252 cm³/mol. The van der Waals surface area contributed by atoms with Crippen molar-refractivity contribution in [2.24, 2.45) is 0 Å². The molecule has 0 unspecified atom stereocenters. The Kier molecular flexibility index (Phi) is 6.89. The maximum absolute atomic E-state index is 4.88. The molecule has 0 fully saturated rings. The lowest BCUT2D eigenvalue weighted by molar-refractivity contribution is 1.14. The van der Waals surface area contributed by atoms with Crippen molar-refractivity contribution in [3.63, 3.8) is 0 Å². The Morgan fingerprint density at radius 1 is 0.373 bits per heavy atom. The fourth-order valence-corrected chi connectivity index (χ4v) is 11.0. The van der Waals surface area contributed by atoms with Crippen molar-refractivity contribution in [3.05, 3.63) is 200 Å². The second-order valence-electron chi connectivity index (χ2n) is 15.5. The summed E-state index contributed by atoms with van der Waals surface area (Å²) in [6.07, 6.45) is 1.90. The fourth-order valence-electron chi connectivity index (χ4n) is 9.70. The summed E-state index contributed by atoms with van der Waals surface area (Å²) in [5, 5.41) is 12.6. The summed E-state index contributed by atoms with van der Waals surface area (Å²) < 4.78 is 7.33. The van der Waals surface area contributed by atoms with E-state index >= 15 is 0 Å². The van der Waals surface area contributed by atoms with Gasteiger partial charge in [0.1, 0.15) is 5.65 Å². The molecule has 4 heteroatoms. The first-order valence-electron chi connectivity index (χ1n) is 20.1. The molecule has 59 heavy (non-hydrogen) atoms. The van der Waals surface area contributed by atoms with E-state index in [1.54, 1.807) is 0 Å². The maximum Gasteiger partial charge on any atom is 0.145 e. The molecule has 0 N–H and O–H groups in total. The van der Waals surface area contributed by atoms with Crippen LogP contribution in [0.3, 0.4) is 0 Å². The van der Waals surface area contributed by atoms with E-state index in [4.69, 9.17) is 4.98 Å². The average Bonchev–Trinajstić information content (AvgIpc) is 3.95. The van der Waals surface area contributed by atoms with Crippen molar-refractivity contribution in [1.82, 2.24) is 14.1 Å². The van der Waals surface area contributed by atoms with Crippen LogP contribution in [0.25, 0.3) is 119 Å². The number of nitrogens with zero attached hydrogens (tertiary/aromatic N) is 3. The van der Waals surface area contributed by atoms with E-state index in [-0.39, 0.29) is 0 Å². The van der Waals surface area contributed by atoms with Gasteiger partial charge in [-0.25, -0.2) is 4.98 Å². The highest BCUT2D eigenvalue weighted by molar-refractivity contribution is 7.26. The minimum atomic E-state index is 0.981. The molecule has 0 radical (unpaired) electrons. The first-order valence-corrected chi connectivity index (χ1v) is 20.9. The summed E-state index contributed by atoms with van der Waals surface area (Å²) in [5.74, 6) is 0. The first kappa shape index (κ1) is 32.5. The first-order chi connectivity index (χ1) is 29.3. The molecule has 4 heterocycles. The number of fused-ring (bicyclic) bond motifs is 13. The third-order valence-electron chi connectivity index (χ3n) is 12.3. The van der Waals surface area contributed by atoms with Crippen molar-refractivity contribution in [2.75, 3.05) is 0 Å². The summed E-state index contributed by atoms with van der Waals surface area (Å²) >= 11 is 1.90. The topological polar surface area (TPSA) is 22.8 Å². The van der Waals surface area contributed by atoms with Crippen LogP contribution in [0.1, 0.15) is 0 Å². The van der Waals surface area contributed by atoms with Crippen LogP contribution in [-0.2, 0) is 0 Å². The molecular weight excluding hydrogens is 735 g/mol. The van der Waals surface area contributed by atoms with Gasteiger partial charge in [-0.05, 0) is 123 Å². The number of thiophene rings is 1. The van der Waals surface area contributed by atoms with Crippen molar-refractivity contribution < 1.29 is 0 Å². The fraction of sp³-hybridized carbons (Fsp3) is 0. The van der Waals surface area contributed by atoms with Gasteiger partial charge in [0.2, 0.25) is 0 Å². The van der Waals surface area contributed by atoms with Gasteiger partial charge in [0.05, 0.1) is 16.6 Å². The normalized spacial score (nSPS) is 12.1. The van der Waals surface area contributed by atoms with Crippen molar-refractivity contribution in [2.45, 2.75) is 0 Å². The largest absolute Gasteiger partial charge is 0.309 e. The van der Waals surface area contributed by atoms with Crippen LogP contribution >= 0.6 is 11.3 Å². The van der Waals surface area contributed by atoms with Crippen LogP contribution in [0, 0.1) is 0 Å². The molecule has 0 aliphatic carbocycles. The van der Waals surface area contributed by atoms with Crippen LogP contribution in [0.2, 0.25) is 0 Å². The molecular formula is C55H33N3S. The molecule has 13 aromatic rings. The second kappa shape index (κ2) is 12.5. The average molecular weight is 768 g/mol. The maximum atomic E-state index is 4.88. The van der Waals surface area contributed by atoms with Crippen LogP contribution in [0.4, 0.5) is 0 Å². The third-order valence-corrected chi connectivity index (χ3v) is 13.5. The van der Waals surface area contributed by atoms with Crippen LogP contribution in [-0.4, -0.2) is 14.1 Å². The highest BCUT2D eigenvalue weighted by Crippen LogP contribution is 2.46. The van der Waals surface area contributed by atoms with E-state index in [2.05, 4.69) is 197 Å². The van der Waals surface area contributed by atoms with Gasteiger partial charge < -0.3 is 4.57 Å². The molecule has 0 saturated carbocycles. The highest BCUT2D eigenvalue weighted by atomic mass is 32.1. The zero-order chi connectivity index (χ0) is 38.6. The molecule has 9 aromatic carbocycles. The zero-order valence-corrected chi connectivity index (χ0v) is 32.6. The molecule has 0 spiro atoms. The van der Waals surface area contributed by atoms with Gasteiger partial charge >= 0.3 is 0 Å².